The van der Waals surface area contributed by atoms with Gasteiger partial charge in [-0.05, 0) is 19.3 Å². The maximum absolute atomic E-state index is 11.6. The quantitative estimate of drug-likeness (QED) is 0.909. The van der Waals surface area contributed by atoms with Crippen molar-refractivity contribution in [1.29, 1.82) is 0 Å². The minimum atomic E-state index is -3.19. The van der Waals surface area contributed by atoms with Crippen molar-refractivity contribution < 1.29 is 8.42 Å². The van der Waals surface area contributed by atoms with Crippen LogP contribution in [0.25, 0.3) is 0 Å². The highest BCUT2D eigenvalue weighted by Crippen LogP contribution is 2.29. The summed E-state index contributed by atoms with van der Waals surface area (Å²) in [6.45, 7) is 0. The molecule has 2 rings (SSSR count). The maximum Gasteiger partial charge on any atom is 0.211 e. The van der Waals surface area contributed by atoms with Crippen molar-refractivity contribution in [1.82, 2.24) is 14.3 Å². The van der Waals surface area contributed by atoms with Crippen molar-refractivity contribution in [3.8, 4) is 0 Å². The maximum atomic E-state index is 11.6. The van der Waals surface area contributed by atoms with Crippen LogP contribution in [0.3, 0.4) is 0 Å². The van der Waals surface area contributed by atoms with E-state index in [1.807, 2.05) is 0 Å². The summed E-state index contributed by atoms with van der Waals surface area (Å²) >= 11 is 6.00. The highest BCUT2D eigenvalue weighted by Gasteiger charge is 2.34. The molecule has 1 fully saturated rings. The minimum absolute atomic E-state index is 0.0205. The number of halogens is 1. The normalized spacial score (nSPS) is 23.8. The second-order valence-electron chi connectivity index (χ2n) is 4.75. The van der Waals surface area contributed by atoms with E-state index in [2.05, 4.69) is 15.3 Å². The van der Waals surface area contributed by atoms with Crippen LogP contribution in [0.4, 0.5) is 5.82 Å². The van der Waals surface area contributed by atoms with E-state index in [9.17, 15) is 8.42 Å². The fourth-order valence-corrected chi connectivity index (χ4v) is 3.29. The third-order valence-electron chi connectivity index (χ3n) is 3.46. The third kappa shape index (κ3) is 3.34. The van der Waals surface area contributed by atoms with E-state index >= 15 is 0 Å². The van der Waals surface area contributed by atoms with Crippen molar-refractivity contribution in [3.05, 3.63) is 17.5 Å². The zero-order valence-corrected chi connectivity index (χ0v) is 12.4. The van der Waals surface area contributed by atoms with E-state index < -0.39 is 10.0 Å². The van der Waals surface area contributed by atoms with Gasteiger partial charge in [0.15, 0.2) is 0 Å². The van der Waals surface area contributed by atoms with E-state index in [1.54, 1.807) is 7.05 Å². The minimum Gasteiger partial charge on any atom is -0.364 e. The van der Waals surface area contributed by atoms with Crippen LogP contribution in [-0.4, -0.2) is 48.1 Å². The molecular weight excluding hydrogens is 288 g/mol. The van der Waals surface area contributed by atoms with Gasteiger partial charge >= 0.3 is 0 Å². The SMILES string of the molecule is CN([C@@H]1CCC[C@H]1Nc1ncncc1Cl)S(C)(=O)=O. The number of anilines is 1. The number of hydrogen-bond donors (Lipinski definition) is 1. The molecule has 0 radical (unpaired) electrons. The summed E-state index contributed by atoms with van der Waals surface area (Å²) in [6, 6.07) is -0.0480. The Morgan fingerprint density at radius 3 is 2.84 bits per heavy atom. The summed E-state index contributed by atoms with van der Waals surface area (Å²) in [6.07, 6.45) is 6.86. The Balaban J connectivity index is 2.14. The number of likely N-dealkylation sites (N-methyl/N-ethyl adjacent to an activating group) is 1. The molecule has 1 aromatic heterocycles. The summed E-state index contributed by atoms with van der Waals surface area (Å²) in [5.74, 6) is 0.551. The summed E-state index contributed by atoms with van der Waals surface area (Å²) in [4.78, 5) is 7.90. The van der Waals surface area contributed by atoms with E-state index in [4.69, 9.17) is 11.6 Å². The number of hydrogen-bond acceptors (Lipinski definition) is 5. The standard InChI is InChI=1S/C11H17ClN4O2S/c1-16(19(2,17)18)10-5-3-4-9(10)15-11-8(12)6-13-7-14-11/h6-7,9-10H,3-5H2,1-2H3,(H,13,14,15)/t9-,10-/m1/s1. The molecule has 0 saturated heterocycles. The Bertz CT molecular complexity index is 551. The molecule has 19 heavy (non-hydrogen) atoms. The molecule has 1 aliphatic carbocycles. The molecule has 106 valence electrons. The molecule has 1 heterocycles. The Morgan fingerprint density at radius 1 is 1.47 bits per heavy atom. The smallest absolute Gasteiger partial charge is 0.211 e. The predicted octanol–water partition coefficient (Wildman–Crippen LogP) is 1.35. The molecule has 0 bridgehead atoms. The molecule has 2 atom stereocenters. The molecule has 0 amide bonds. The number of sulfonamides is 1. The molecule has 0 spiro atoms. The lowest BCUT2D eigenvalue weighted by Gasteiger charge is -2.28. The first-order chi connectivity index (χ1) is 8.89. The average molecular weight is 305 g/mol. The molecule has 1 aromatic rings. The van der Waals surface area contributed by atoms with Crippen molar-refractivity contribution >= 4 is 27.4 Å². The van der Waals surface area contributed by atoms with Crippen LogP contribution in [0, 0.1) is 0 Å². The molecular formula is C11H17ClN4O2S. The molecule has 0 aliphatic heterocycles. The van der Waals surface area contributed by atoms with E-state index in [0.29, 0.717) is 10.8 Å². The van der Waals surface area contributed by atoms with Crippen LogP contribution in [-0.2, 0) is 10.0 Å². The fourth-order valence-electron chi connectivity index (χ4n) is 2.38. The summed E-state index contributed by atoms with van der Waals surface area (Å²) in [7, 11) is -1.58. The molecule has 6 nitrogen and oxygen atoms in total. The van der Waals surface area contributed by atoms with Gasteiger partial charge in [0.1, 0.15) is 17.2 Å². The Hall–Kier alpha value is -0.920. The zero-order chi connectivity index (χ0) is 14.0. The molecule has 1 saturated carbocycles. The molecule has 8 heteroatoms. The first-order valence-corrected chi connectivity index (χ1v) is 8.27. The van der Waals surface area contributed by atoms with E-state index in [-0.39, 0.29) is 12.1 Å². The summed E-state index contributed by atoms with van der Waals surface area (Å²) < 4.78 is 24.7. The first-order valence-electron chi connectivity index (χ1n) is 6.04. The van der Waals surface area contributed by atoms with Crippen molar-refractivity contribution in [2.45, 2.75) is 31.3 Å². The van der Waals surface area contributed by atoms with Gasteiger partial charge < -0.3 is 5.32 Å². The van der Waals surface area contributed by atoms with Gasteiger partial charge in [0.2, 0.25) is 10.0 Å². The van der Waals surface area contributed by atoms with Crippen LogP contribution >= 0.6 is 11.6 Å². The van der Waals surface area contributed by atoms with Gasteiger partial charge in [0.25, 0.3) is 0 Å². The van der Waals surface area contributed by atoms with Crippen molar-refractivity contribution in [2.75, 3.05) is 18.6 Å². The van der Waals surface area contributed by atoms with Gasteiger partial charge in [-0.3, -0.25) is 0 Å². The summed E-state index contributed by atoms with van der Waals surface area (Å²) in [5.41, 5.74) is 0. The molecule has 0 aromatic carbocycles. The van der Waals surface area contributed by atoms with Crippen molar-refractivity contribution in [2.24, 2.45) is 0 Å². The third-order valence-corrected chi connectivity index (χ3v) is 5.05. The van der Waals surface area contributed by atoms with Gasteiger partial charge in [-0.1, -0.05) is 11.6 Å². The predicted molar refractivity (Wildman–Crippen MR) is 74.7 cm³/mol. The molecule has 1 N–H and O–H groups in total. The van der Waals surface area contributed by atoms with Crippen molar-refractivity contribution in [3.63, 3.8) is 0 Å². The number of nitrogens with one attached hydrogen (secondary N) is 1. The van der Waals surface area contributed by atoms with E-state index in [0.717, 1.165) is 19.3 Å². The van der Waals surface area contributed by atoms with Crippen LogP contribution in [0.1, 0.15) is 19.3 Å². The van der Waals surface area contributed by atoms with Gasteiger partial charge in [-0.2, -0.15) is 0 Å². The second-order valence-corrected chi connectivity index (χ2v) is 7.20. The number of nitrogens with zero attached hydrogens (tertiary/aromatic N) is 3. The monoisotopic (exact) mass is 304 g/mol. The Morgan fingerprint density at radius 2 is 2.21 bits per heavy atom. The van der Waals surface area contributed by atoms with Crippen LogP contribution in [0.5, 0.6) is 0 Å². The number of rotatable bonds is 4. The summed E-state index contributed by atoms with van der Waals surface area (Å²) in [5, 5.41) is 3.66. The van der Waals surface area contributed by atoms with Gasteiger partial charge in [-0.15, -0.1) is 0 Å². The van der Waals surface area contributed by atoms with Gasteiger partial charge in [0, 0.05) is 19.1 Å². The lowest BCUT2D eigenvalue weighted by Crippen LogP contribution is -2.44. The first kappa shape index (κ1) is 14.5. The fraction of sp³-hybridized carbons (Fsp3) is 0.636. The Kier molecular flexibility index (Phi) is 4.27. The molecule has 1 aliphatic rings. The lowest BCUT2D eigenvalue weighted by atomic mass is 10.2. The zero-order valence-electron chi connectivity index (χ0n) is 10.9. The van der Waals surface area contributed by atoms with Crippen LogP contribution in [0.15, 0.2) is 12.5 Å². The van der Waals surface area contributed by atoms with Crippen LogP contribution in [0.2, 0.25) is 5.02 Å². The highest BCUT2D eigenvalue weighted by atomic mass is 35.5. The second kappa shape index (κ2) is 5.60. The van der Waals surface area contributed by atoms with Gasteiger partial charge in [0.05, 0.1) is 12.5 Å². The molecule has 0 unspecified atom stereocenters. The van der Waals surface area contributed by atoms with E-state index in [1.165, 1.54) is 23.1 Å². The topological polar surface area (TPSA) is 75.2 Å². The Labute approximate surface area is 118 Å². The van der Waals surface area contributed by atoms with Crippen LogP contribution < -0.4 is 5.32 Å². The number of aromatic nitrogens is 2. The van der Waals surface area contributed by atoms with Gasteiger partial charge in [-0.25, -0.2) is 22.7 Å². The average Bonchev–Trinajstić information content (AvgIpc) is 2.78. The highest BCUT2D eigenvalue weighted by molar-refractivity contribution is 7.88. The largest absolute Gasteiger partial charge is 0.364 e. The lowest BCUT2D eigenvalue weighted by molar-refractivity contribution is 0.358.